The van der Waals surface area contributed by atoms with Crippen molar-refractivity contribution in [2.45, 2.75) is 70.9 Å². The molecule has 188 valence electrons. The molecule has 2 aromatic carbocycles. The molecule has 1 atom stereocenters. The maximum Gasteiger partial charge on any atom is 0.263 e. The first-order valence-corrected chi connectivity index (χ1v) is 13.6. The highest BCUT2D eigenvalue weighted by Crippen LogP contribution is 2.32. The SMILES string of the molecule is CCOc1ccc([C@@H](C)N2CCc3ccc(S(=O)(=O)Nc4noc(C(C)(C)C)c4C)cc3C2)cc1. The molecule has 1 aliphatic heterocycles. The van der Waals surface area contributed by atoms with E-state index in [-0.39, 0.29) is 22.2 Å². The lowest BCUT2D eigenvalue weighted by Gasteiger charge is -2.34. The molecule has 7 nitrogen and oxygen atoms in total. The molecular formula is C27H35N3O4S. The van der Waals surface area contributed by atoms with E-state index in [0.29, 0.717) is 24.5 Å². The fraction of sp³-hybridized carbons (Fsp3) is 0.444. The number of ether oxygens (including phenoxy) is 1. The van der Waals surface area contributed by atoms with Gasteiger partial charge in [0.05, 0.1) is 11.5 Å². The van der Waals surface area contributed by atoms with Gasteiger partial charge in [0, 0.05) is 30.1 Å². The summed E-state index contributed by atoms with van der Waals surface area (Å²) in [5.74, 6) is 1.77. The number of anilines is 1. The highest BCUT2D eigenvalue weighted by Gasteiger charge is 2.28. The van der Waals surface area contributed by atoms with Crippen LogP contribution in [0.1, 0.15) is 68.7 Å². The van der Waals surface area contributed by atoms with Crippen molar-refractivity contribution >= 4 is 15.8 Å². The molecule has 8 heteroatoms. The first-order chi connectivity index (χ1) is 16.5. The van der Waals surface area contributed by atoms with Crippen LogP contribution in [0, 0.1) is 6.92 Å². The number of nitrogens with one attached hydrogen (secondary N) is 1. The zero-order valence-electron chi connectivity index (χ0n) is 21.4. The minimum atomic E-state index is -3.81. The molecule has 3 aromatic rings. The predicted molar refractivity (Wildman–Crippen MR) is 137 cm³/mol. The molecule has 0 saturated carbocycles. The molecule has 0 aliphatic carbocycles. The van der Waals surface area contributed by atoms with Crippen molar-refractivity contribution in [1.29, 1.82) is 0 Å². The van der Waals surface area contributed by atoms with Gasteiger partial charge < -0.3 is 9.26 Å². The molecule has 0 amide bonds. The van der Waals surface area contributed by atoms with E-state index in [0.717, 1.165) is 24.3 Å². The maximum atomic E-state index is 13.2. The van der Waals surface area contributed by atoms with Crippen LogP contribution in [0.15, 0.2) is 51.9 Å². The molecule has 1 N–H and O–H groups in total. The van der Waals surface area contributed by atoms with Crippen molar-refractivity contribution in [3.05, 3.63) is 70.5 Å². The lowest BCUT2D eigenvalue weighted by Crippen LogP contribution is -2.33. The molecule has 1 aromatic heterocycles. The second-order valence-corrected chi connectivity index (χ2v) is 11.9. The number of sulfonamides is 1. The third kappa shape index (κ3) is 5.38. The summed E-state index contributed by atoms with van der Waals surface area (Å²) in [6, 6.07) is 13.8. The molecule has 2 heterocycles. The average Bonchev–Trinajstić information content (AvgIpc) is 3.18. The number of hydrogen-bond acceptors (Lipinski definition) is 6. The molecule has 35 heavy (non-hydrogen) atoms. The van der Waals surface area contributed by atoms with Gasteiger partial charge in [-0.3, -0.25) is 9.62 Å². The summed E-state index contributed by atoms with van der Waals surface area (Å²) in [6.07, 6.45) is 0.877. The van der Waals surface area contributed by atoms with Gasteiger partial charge in [-0.25, -0.2) is 8.42 Å². The van der Waals surface area contributed by atoms with Crippen LogP contribution in [0.3, 0.4) is 0 Å². The zero-order chi connectivity index (χ0) is 25.4. The second kappa shape index (κ2) is 9.66. The van der Waals surface area contributed by atoms with E-state index in [4.69, 9.17) is 9.26 Å². The van der Waals surface area contributed by atoms with Gasteiger partial charge in [-0.05, 0) is 68.1 Å². The summed E-state index contributed by atoms with van der Waals surface area (Å²) >= 11 is 0. The van der Waals surface area contributed by atoms with Crippen molar-refractivity contribution in [2.75, 3.05) is 17.9 Å². The van der Waals surface area contributed by atoms with Gasteiger partial charge in [-0.2, -0.15) is 0 Å². The Morgan fingerprint density at radius 2 is 1.86 bits per heavy atom. The van der Waals surface area contributed by atoms with Crippen molar-refractivity contribution in [3.8, 4) is 5.75 Å². The Labute approximate surface area is 208 Å². The third-order valence-electron chi connectivity index (χ3n) is 6.59. The van der Waals surface area contributed by atoms with Crippen LogP contribution in [0.25, 0.3) is 0 Å². The van der Waals surface area contributed by atoms with Gasteiger partial charge >= 0.3 is 0 Å². The van der Waals surface area contributed by atoms with Crippen molar-refractivity contribution in [3.63, 3.8) is 0 Å². The summed E-state index contributed by atoms with van der Waals surface area (Å²) in [7, 11) is -3.81. The second-order valence-electron chi connectivity index (χ2n) is 10.2. The Hall–Kier alpha value is -2.84. The van der Waals surface area contributed by atoms with E-state index in [1.807, 2.05) is 52.8 Å². The number of aromatic nitrogens is 1. The van der Waals surface area contributed by atoms with Crippen LogP contribution < -0.4 is 9.46 Å². The number of hydrogen-bond donors (Lipinski definition) is 1. The molecule has 4 rings (SSSR count). The van der Waals surface area contributed by atoms with E-state index >= 15 is 0 Å². The quantitative estimate of drug-likeness (QED) is 0.457. The normalized spacial score (nSPS) is 15.5. The standard InChI is InChI=1S/C27H35N3O4S/c1-7-33-23-11-8-20(9-12-23)19(3)30-15-14-21-10-13-24(16-22(21)17-30)35(31,32)29-26-18(2)25(34-28-26)27(4,5)6/h8-13,16,19H,7,14-15,17H2,1-6H3,(H,28,29)/t19-/m1/s1. The van der Waals surface area contributed by atoms with Crippen molar-refractivity contribution in [1.82, 2.24) is 10.1 Å². The van der Waals surface area contributed by atoms with Gasteiger partial charge in [0.1, 0.15) is 11.5 Å². The Morgan fingerprint density at radius 1 is 1.14 bits per heavy atom. The fourth-order valence-corrected chi connectivity index (χ4v) is 5.70. The molecule has 0 bridgehead atoms. The fourth-order valence-electron chi connectivity index (χ4n) is 4.59. The lowest BCUT2D eigenvalue weighted by atomic mass is 9.91. The minimum absolute atomic E-state index is 0.200. The molecule has 0 saturated heterocycles. The third-order valence-corrected chi connectivity index (χ3v) is 7.92. The Bertz CT molecular complexity index is 1290. The van der Waals surface area contributed by atoms with Crippen LogP contribution in [-0.2, 0) is 28.4 Å². The summed E-state index contributed by atoms with van der Waals surface area (Å²) < 4.78 is 40.0. The Kier molecular flexibility index (Phi) is 6.97. The van der Waals surface area contributed by atoms with Gasteiger partial charge in [0.15, 0.2) is 5.82 Å². The van der Waals surface area contributed by atoms with Crippen molar-refractivity contribution < 1.29 is 17.7 Å². The summed E-state index contributed by atoms with van der Waals surface area (Å²) in [6.45, 7) is 14.2. The number of fused-ring (bicyclic) bond motifs is 1. The monoisotopic (exact) mass is 497 g/mol. The Morgan fingerprint density at radius 3 is 2.49 bits per heavy atom. The summed E-state index contributed by atoms with van der Waals surface area (Å²) in [5, 5.41) is 3.98. The smallest absolute Gasteiger partial charge is 0.263 e. The van der Waals surface area contributed by atoms with E-state index < -0.39 is 10.0 Å². The highest BCUT2D eigenvalue weighted by atomic mass is 32.2. The number of nitrogens with zero attached hydrogens (tertiary/aromatic N) is 2. The van der Waals surface area contributed by atoms with Gasteiger partial charge in [0.25, 0.3) is 10.0 Å². The molecular weight excluding hydrogens is 462 g/mol. The molecule has 0 unspecified atom stereocenters. The maximum absolute atomic E-state index is 13.2. The van der Waals surface area contributed by atoms with Crippen LogP contribution in [0.2, 0.25) is 0 Å². The van der Waals surface area contributed by atoms with Gasteiger partial charge in [-0.1, -0.05) is 44.1 Å². The number of benzene rings is 2. The van der Waals surface area contributed by atoms with Crippen LogP contribution >= 0.6 is 0 Å². The van der Waals surface area contributed by atoms with Gasteiger partial charge in [0.2, 0.25) is 0 Å². The largest absolute Gasteiger partial charge is 0.494 e. The van der Waals surface area contributed by atoms with Crippen molar-refractivity contribution in [2.24, 2.45) is 0 Å². The molecule has 0 spiro atoms. The van der Waals surface area contributed by atoms with Crippen LogP contribution in [0.5, 0.6) is 5.75 Å². The summed E-state index contributed by atoms with van der Waals surface area (Å²) in [4.78, 5) is 2.60. The molecule has 0 fully saturated rings. The predicted octanol–water partition coefficient (Wildman–Crippen LogP) is 5.60. The van der Waals surface area contributed by atoms with Gasteiger partial charge in [-0.15, -0.1) is 0 Å². The first-order valence-electron chi connectivity index (χ1n) is 12.1. The lowest BCUT2D eigenvalue weighted by molar-refractivity contribution is 0.192. The zero-order valence-corrected chi connectivity index (χ0v) is 22.2. The minimum Gasteiger partial charge on any atom is -0.494 e. The molecule has 1 aliphatic rings. The summed E-state index contributed by atoms with van der Waals surface area (Å²) in [5.41, 5.74) is 3.86. The van der Waals surface area contributed by atoms with E-state index in [1.54, 1.807) is 12.1 Å². The average molecular weight is 498 g/mol. The van der Waals surface area contributed by atoms with E-state index in [9.17, 15) is 8.42 Å². The Balaban J connectivity index is 1.53. The topological polar surface area (TPSA) is 84.7 Å². The highest BCUT2D eigenvalue weighted by molar-refractivity contribution is 7.92. The number of rotatable bonds is 7. The van der Waals surface area contributed by atoms with E-state index in [1.165, 1.54) is 11.1 Å². The first kappa shape index (κ1) is 25.3. The molecule has 0 radical (unpaired) electrons. The van der Waals surface area contributed by atoms with Crippen LogP contribution in [0.4, 0.5) is 5.82 Å². The van der Waals surface area contributed by atoms with E-state index in [2.05, 4.69) is 33.8 Å². The van der Waals surface area contributed by atoms with Crippen LogP contribution in [-0.4, -0.2) is 31.6 Å².